The molecule has 22 heavy (non-hydrogen) atoms. The van der Waals surface area contributed by atoms with E-state index in [9.17, 15) is 18.0 Å². The van der Waals surface area contributed by atoms with Crippen molar-refractivity contribution in [1.29, 1.82) is 0 Å². The van der Waals surface area contributed by atoms with Gasteiger partial charge in [-0.3, -0.25) is 9.59 Å². The van der Waals surface area contributed by atoms with Gasteiger partial charge in [0, 0.05) is 11.1 Å². The van der Waals surface area contributed by atoms with Gasteiger partial charge < -0.3 is 10.1 Å². The third-order valence-corrected chi connectivity index (χ3v) is 4.55. The lowest BCUT2D eigenvalue weighted by Gasteiger charge is -2.09. The summed E-state index contributed by atoms with van der Waals surface area (Å²) >= 11 is 5.69. The molecule has 6 nitrogen and oxygen atoms in total. The van der Waals surface area contributed by atoms with E-state index in [1.165, 1.54) is 24.3 Å². The quantitative estimate of drug-likeness (QED) is 0.756. The van der Waals surface area contributed by atoms with Crippen molar-refractivity contribution >= 4 is 33.3 Å². The molecule has 0 saturated carbocycles. The first-order chi connectivity index (χ1) is 10.2. The van der Waals surface area contributed by atoms with Crippen molar-refractivity contribution in [2.24, 2.45) is 0 Å². The van der Waals surface area contributed by atoms with Gasteiger partial charge in [-0.1, -0.05) is 11.6 Å². The molecule has 0 saturated heterocycles. The van der Waals surface area contributed by atoms with Gasteiger partial charge in [0.15, 0.2) is 16.4 Å². The first-order valence-corrected chi connectivity index (χ1v) is 8.67. The summed E-state index contributed by atoms with van der Waals surface area (Å²) in [6.07, 6.45) is -0.320. The van der Waals surface area contributed by atoms with E-state index in [0.29, 0.717) is 5.02 Å². The van der Waals surface area contributed by atoms with Crippen LogP contribution >= 0.6 is 11.6 Å². The van der Waals surface area contributed by atoms with Gasteiger partial charge in [0.05, 0.1) is 17.1 Å². The van der Waals surface area contributed by atoms with Crippen LogP contribution in [0.2, 0.25) is 5.02 Å². The van der Waals surface area contributed by atoms with Crippen LogP contribution in [0.25, 0.3) is 0 Å². The third kappa shape index (κ3) is 6.44. The van der Waals surface area contributed by atoms with E-state index in [0.717, 1.165) is 0 Å². The average molecular weight is 348 g/mol. The van der Waals surface area contributed by atoms with Crippen LogP contribution in [0.4, 0.5) is 0 Å². The van der Waals surface area contributed by atoms with Gasteiger partial charge in [0.1, 0.15) is 0 Å². The van der Waals surface area contributed by atoms with Crippen molar-refractivity contribution in [2.45, 2.75) is 31.2 Å². The van der Waals surface area contributed by atoms with Crippen LogP contribution in [-0.2, 0) is 24.2 Å². The fourth-order valence-corrected chi connectivity index (χ4v) is 2.91. The lowest BCUT2D eigenvalue weighted by atomic mass is 10.4. The summed E-state index contributed by atoms with van der Waals surface area (Å²) in [4.78, 5) is 22.9. The lowest BCUT2D eigenvalue weighted by molar-refractivity contribution is -0.148. The third-order valence-electron chi connectivity index (χ3n) is 2.56. The van der Waals surface area contributed by atoms with Crippen molar-refractivity contribution in [3.05, 3.63) is 29.3 Å². The van der Waals surface area contributed by atoms with Gasteiger partial charge in [-0.05, 0) is 38.1 Å². The molecule has 0 atom stereocenters. The first-order valence-electron chi connectivity index (χ1n) is 6.64. The Bertz CT molecular complexity index is 625. The van der Waals surface area contributed by atoms with E-state index >= 15 is 0 Å². The summed E-state index contributed by atoms with van der Waals surface area (Å²) in [5, 5.41) is 2.98. The minimum Gasteiger partial charge on any atom is -0.456 e. The molecule has 1 N–H and O–H groups in total. The molecule has 0 fully saturated rings. The molecule has 0 aliphatic heterocycles. The second-order valence-electron chi connectivity index (χ2n) is 4.91. The normalized spacial score (nSPS) is 11.3. The molecule has 1 rings (SSSR count). The van der Waals surface area contributed by atoms with Crippen LogP contribution < -0.4 is 5.32 Å². The highest BCUT2D eigenvalue weighted by Crippen LogP contribution is 2.16. The van der Waals surface area contributed by atoms with E-state index in [-0.39, 0.29) is 23.1 Å². The van der Waals surface area contributed by atoms with Gasteiger partial charge in [0.2, 0.25) is 0 Å². The summed E-state index contributed by atoms with van der Waals surface area (Å²) in [6.45, 7) is 3.13. The number of benzene rings is 1. The highest BCUT2D eigenvalue weighted by molar-refractivity contribution is 7.91. The minimum atomic E-state index is -3.59. The number of nitrogens with one attached hydrogen (secondary N) is 1. The number of amides is 1. The number of hydrogen-bond acceptors (Lipinski definition) is 5. The molecular weight excluding hydrogens is 330 g/mol. The maximum Gasteiger partial charge on any atom is 0.307 e. The molecule has 0 radical (unpaired) electrons. The fourth-order valence-electron chi connectivity index (χ4n) is 1.56. The maximum absolute atomic E-state index is 12.0. The number of esters is 1. The Morgan fingerprint density at radius 1 is 1.23 bits per heavy atom. The molecule has 0 spiro atoms. The van der Waals surface area contributed by atoms with E-state index in [1.807, 2.05) is 0 Å². The first kappa shape index (κ1) is 18.4. The monoisotopic (exact) mass is 347 g/mol. The van der Waals surface area contributed by atoms with E-state index < -0.39 is 28.3 Å². The SMILES string of the molecule is CC(C)NC(=O)COC(=O)CCS(=O)(=O)c1ccc(Cl)cc1. The zero-order valence-corrected chi connectivity index (χ0v) is 13.9. The van der Waals surface area contributed by atoms with Crippen LogP contribution in [0.15, 0.2) is 29.2 Å². The molecule has 8 heteroatoms. The zero-order chi connectivity index (χ0) is 16.8. The smallest absolute Gasteiger partial charge is 0.307 e. The number of hydrogen-bond donors (Lipinski definition) is 1. The molecule has 1 aromatic rings. The number of sulfone groups is 1. The number of rotatable bonds is 7. The van der Waals surface area contributed by atoms with E-state index in [1.54, 1.807) is 13.8 Å². The molecular formula is C14H18ClNO5S. The molecule has 1 amide bonds. The molecule has 0 bridgehead atoms. The Morgan fingerprint density at radius 3 is 2.36 bits per heavy atom. The zero-order valence-electron chi connectivity index (χ0n) is 12.3. The van der Waals surface area contributed by atoms with Gasteiger partial charge >= 0.3 is 5.97 Å². The van der Waals surface area contributed by atoms with Crippen LogP contribution in [0.3, 0.4) is 0 Å². The van der Waals surface area contributed by atoms with Crippen molar-refractivity contribution in [3.63, 3.8) is 0 Å². The number of ether oxygens (including phenoxy) is 1. The standard InChI is InChI=1S/C14H18ClNO5S/c1-10(2)16-13(17)9-21-14(18)7-8-22(19,20)12-5-3-11(15)4-6-12/h3-6,10H,7-9H2,1-2H3,(H,16,17). The maximum atomic E-state index is 12.0. The summed E-state index contributed by atoms with van der Waals surface area (Å²) < 4.78 is 28.7. The topological polar surface area (TPSA) is 89.5 Å². The van der Waals surface area contributed by atoms with Crippen LogP contribution in [0.1, 0.15) is 20.3 Å². The molecule has 1 aromatic carbocycles. The predicted octanol–water partition coefficient (Wildman–Crippen LogP) is 1.57. The van der Waals surface area contributed by atoms with Gasteiger partial charge in [-0.15, -0.1) is 0 Å². The molecule has 0 heterocycles. The Morgan fingerprint density at radius 2 is 1.82 bits per heavy atom. The second kappa shape index (κ2) is 8.14. The number of carbonyl (C=O) groups is 2. The Hall–Kier alpha value is -1.60. The number of carbonyl (C=O) groups excluding carboxylic acids is 2. The van der Waals surface area contributed by atoms with Crippen LogP contribution in [0, 0.1) is 0 Å². The predicted molar refractivity (Wildman–Crippen MR) is 82.4 cm³/mol. The fraction of sp³-hybridized carbons (Fsp3) is 0.429. The molecule has 122 valence electrons. The highest BCUT2D eigenvalue weighted by atomic mass is 35.5. The molecule has 0 unspecified atom stereocenters. The Labute approximate surface area is 134 Å². The van der Waals surface area contributed by atoms with E-state index in [4.69, 9.17) is 16.3 Å². The summed E-state index contributed by atoms with van der Waals surface area (Å²) in [6, 6.07) is 5.61. The van der Waals surface area contributed by atoms with Gasteiger partial charge in [-0.2, -0.15) is 0 Å². The minimum absolute atomic E-state index is 0.0588. The van der Waals surface area contributed by atoms with E-state index in [2.05, 4.69) is 5.32 Å². The van der Waals surface area contributed by atoms with Crippen LogP contribution in [0.5, 0.6) is 0 Å². The Balaban J connectivity index is 2.46. The summed E-state index contributed by atoms with van der Waals surface area (Å²) in [5.41, 5.74) is 0. The largest absolute Gasteiger partial charge is 0.456 e. The second-order valence-corrected chi connectivity index (χ2v) is 7.45. The summed E-state index contributed by atoms with van der Waals surface area (Å²) in [7, 11) is -3.59. The number of halogens is 1. The summed E-state index contributed by atoms with van der Waals surface area (Å²) in [5.74, 6) is -1.56. The van der Waals surface area contributed by atoms with Crippen molar-refractivity contribution < 1.29 is 22.7 Å². The van der Waals surface area contributed by atoms with Crippen molar-refractivity contribution in [3.8, 4) is 0 Å². The molecule has 0 aromatic heterocycles. The van der Waals surface area contributed by atoms with Gasteiger partial charge in [-0.25, -0.2) is 8.42 Å². The Kier molecular flexibility index (Phi) is 6.83. The molecule has 0 aliphatic rings. The highest BCUT2D eigenvalue weighted by Gasteiger charge is 2.17. The molecule has 0 aliphatic carbocycles. The average Bonchev–Trinajstić information content (AvgIpc) is 2.43. The van der Waals surface area contributed by atoms with Crippen molar-refractivity contribution in [2.75, 3.05) is 12.4 Å². The van der Waals surface area contributed by atoms with Gasteiger partial charge in [0.25, 0.3) is 5.91 Å². The lowest BCUT2D eigenvalue weighted by Crippen LogP contribution is -2.34. The van der Waals surface area contributed by atoms with Crippen LogP contribution in [-0.4, -0.2) is 38.7 Å². The van der Waals surface area contributed by atoms with Crippen molar-refractivity contribution in [1.82, 2.24) is 5.32 Å².